The number of hydrogen-bond acceptors (Lipinski definition) is 4. The van der Waals surface area contributed by atoms with Gasteiger partial charge in [-0.05, 0) is 42.7 Å². The van der Waals surface area contributed by atoms with Crippen LogP contribution in [0.2, 0.25) is 0 Å². The minimum Gasteiger partial charge on any atom is -0.504 e. The third kappa shape index (κ3) is 4.74. The molecule has 2 amide bonds. The lowest BCUT2D eigenvalue weighted by Gasteiger charge is -2.09. The Morgan fingerprint density at radius 2 is 1.75 bits per heavy atom. The number of amides is 2. The van der Waals surface area contributed by atoms with Gasteiger partial charge in [0.1, 0.15) is 0 Å². The molecular formula is C18H20N2O4. The Hall–Kier alpha value is -3.02. The standard InChI is InChI=1S/C18H20N2O4/c1-12-4-2-3-5-14(12)18(24)20-11-17(23)19-9-8-13-6-7-15(21)16(22)10-13/h2-7,10,21-22H,8-9,11H2,1H3,(H,19,23)(H,20,24). The van der Waals surface area contributed by atoms with Gasteiger partial charge < -0.3 is 20.8 Å². The van der Waals surface area contributed by atoms with Crippen molar-refractivity contribution in [2.75, 3.05) is 13.1 Å². The number of nitrogens with one attached hydrogen (secondary N) is 2. The summed E-state index contributed by atoms with van der Waals surface area (Å²) in [5.74, 6) is -0.947. The summed E-state index contributed by atoms with van der Waals surface area (Å²) in [6.07, 6.45) is 0.505. The molecule has 24 heavy (non-hydrogen) atoms. The van der Waals surface area contributed by atoms with Crippen LogP contribution in [0.3, 0.4) is 0 Å². The van der Waals surface area contributed by atoms with Crippen LogP contribution in [-0.4, -0.2) is 35.1 Å². The molecule has 4 N–H and O–H groups in total. The SMILES string of the molecule is Cc1ccccc1C(=O)NCC(=O)NCCc1ccc(O)c(O)c1. The Labute approximate surface area is 140 Å². The van der Waals surface area contributed by atoms with Crippen molar-refractivity contribution >= 4 is 11.8 Å². The third-order valence-corrected chi connectivity index (χ3v) is 3.57. The van der Waals surface area contributed by atoms with Crippen LogP contribution in [0.15, 0.2) is 42.5 Å². The van der Waals surface area contributed by atoms with Gasteiger partial charge in [-0.25, -0.2) is 0 Å². The maximum absolute atomic E-state index is 12.0. The van der Waals surface area contributed by atoms with Crippen LogP contribution in [0, 0.1) is 6.92 Å². The molecule has 0 radical (unpaired) electrons. The van der Waals surface area contributed by atoms with Gasteiger partial charge in [-0.15, -0.1) is 0 Å². The van der Waals surface area contributed by atoms with Crippen LogP contribution in [0.1, 0.15) is 21.5 Å². The molecule has 0 spiro atoms. The molecule has 0 bridgehead atoms. The highest BCUT2D eigenvalue weighted by Gasteiger charge is 2.09. The Morgan fingerprint density at radius 1 is 1.00 bits per heavy atom. The fourth-order valence-corrected chi connectivity index (χ4v) is 2.22. The highest BCUT2D eigenvalue weighted by molar-refractivity contribution is 5.97. The van der Waals surface area contributed by atoms with Crippen molar-refractivity contribution < 1.29 is 19.8 Å². The van der Waals surface area contributed by atoms with E-state index in [0.29, 0.717) is 18.5 Å². The van der Waals surface area contributed by atoms with Crippen molar-refractivity contribution in [3.8, 4) is 11.5 Å². The van der Waals surface area contributed by atoms with E-state index in [1.165, 1.54) is 12.1 Å². The van der Waals surface area contributed by atoms with E-state index in [0.717, 1.165) is 11.1 Å². The van der Waals surface area contributed by atoms with E-state index in [9.17, 15) is 19.8 Å². The van der Waals surface area contributed by atoms with Crippen molar-refractivity contribution in [2.24, 2.45) is 0 Å². The molecule has 0 aliphatic heterocycles. The summed E-state index contributed by atoms with van der Waals surface area (Å²) in [5.41, 5.74) is 2.18. The normalized spacial score (nSPS) is 10.2. The minimum atomic E-state index is -0.292. The van der Waals surface area contributed by atoms with Crippen LogP contribution in [0.4, 0.5) is 0 Å². The zero-order valence-corrected chi connectivity index (χ0v) is 13.4. The van der Waals surface area contributed by atoms with E-state index < -0.39 is 0 Å². The van der Waals surface area contributed by atoms with Gasteiger partial charge in [-0.3, -0.25) is 9.59 Å². The molecule has 0 heterocycles. The van der Waals surface area contributed by atoms with Crippen LogP contribution in [0.5, 0.6) is 11.5 Å². The number of carbonyl (C=O) groups excluding carboxylic acids is 2. The van der Waals surface area contributed by atoms with Crippen LogP contribution < -0.4 is 10.6 Å². The first-order chi connectivity index (χ1) is 11.5. The average Bonchev–Trinajstić information content (AvgIpc) is 2.56. The molecule has 0 saturated carbocycles. The lowest BCUT2D eigenvalue weighted by Crippen LogP contribution is -2.37. The second-order valence-corrected chi connectivity index (χ2v) is 5.42. The molecule has 0 atom stereocenters. The van der Waals surface area contributed by atoms with Crippen molar-refractivity contribution in [3.63, 3.8) is 0 Å². The number of rotatable bonds is 6. The molecule has 2 rings (SSSR count). The maximum Gasteiger partial charge on any atom is 0.251 e. The number of hydrogen-bond donors (Lipinski definition) is 4. The summed E-state index contributed by atoms with van der Waals surface area (Å²) in [7, 11) is 0. The maximum atomic E-state index is 12.0. The monoisotopic (exact) mass is 328 g/mol. The average molecular weight is 328 g/mol. The summed E-state index contributed by atoms with van der Waals surface area (Å²) in [6, 6.07) is 11.7. The number of carbonyl (C=O) groups is 2. The smallest absolute Gasteiger partial charge is 0.251 e. The Kier molecular flexibility index (Phi) is 5.78. The largest absolute Gasteiger partial charge is 0.504 e. The first-order valence-corrected chi connectivity index (χ1v) is 7.59. The van der Waals surface area contributed by atoms with Crippen molar-refractivity contribution in [3.05, 3.63) is 59.2 Å². The fraction of sp³-hybridized carbons (Fsp3) is 0.222. The molecule has 126 valence electrons. The summed E-state index contributed by atoms with van der Waals surface area (Å²) >= 11 is 0. The van der Waals surface area contributed by atoms with Gasteiger partial charge in [0.2, 0.25) is 5.91 Å². The molecule has 0 aliphatic carbocycles. The summed E-state index contributed by atoms with van der Waals surface area (Å²) in [4.78, 5) is 23.8. The Balaban J connectivity index is 1.74. The van der Waals surface area contributed by atoms with Crippen molar-refractivity contribution in [1.82, 2.24) is 10.6 Å². The van der Waals surface area contributed by atoms with Crippen LogP contribution in [0.25, 0.3) is 0 Å². The van der Waals surface area contributed by atoms with E-state index in [-0.39, 0.29) is 29.9 Å². The highest BCUT2D eigenvalue weighted by atomic mass is 16.3. The molecule has 0 aliphatic rings. The number of phenols is 2. The number of phenolic OH excluding ortho intramolecular Hbond substituents is 2. The molecule has 2 aromatic rings. The predicted molar refractivity (Wildman–Crippen MR) is 90.0 cm³/mol. The van der Waals surface area contributed by atoms with E-state index in [4.69, 9.17) is 0 Å². The first kappa shape index (κ1) is 17.3. The fourth-order valence-electron chi connectivity index (χ4n) is 2.22. The zero-order chi connectivity index (χ0) is 17.5. The highest BCUT2D eigenvalue weighted by Crippen LogP contribution is 2.24. The van der Waals surface area contributed by atoms with Crippen LogP contribution in [-0.2, 0) is 11.2 Å². The molecule has 0 fully saturated rings. The van der Waals surface area contributed by atoms with E-state index >= 15 is 0 Å². The zero-order valence-electron chi connectivity index (χ0n) is 13.4. The first-order valence-electron chi connectivity index (χ1n) is 7.59. The van der Waals surface area contributed by atoms with Crippen molar-refractivity contribution in [2.45, 2.75) is 13.3 Å². The van der Waals surface area contributed by atoms with Gasteiger partial charge in [-0.2, -0.15) is 0 Å². The Morgan fingerprint density at radius 3 is 2.46 bits per heavy atom. The molecule has 0 saturated heterocycles. The van der Waals surface area contributed by atoms with Crippen molar-refractivity contribution in [1.29, 1.82) is 0 Å². The van der Waals surface area contributed by atoms with Gasteiger partial charge in [0.05, 0.1) is 6.54 Å². The molecule has 6 heteroatoms. The number of aromatic hydroxyl groups is 2. The van der Waals surface area contributed by atoms with Crippen LogP contribution >= 0.6 is 0 Å². The molecule has 6 nitrogen and oxygen atoms in total. The molecule has 0 aromatic heterocycles. The summed E-state index contributed by atoms with van der Waals surface area (Å²) < 4.78 is 0. The summed E-state index contributed by atoms with van der Waals surface area (Å²) in [5, 5.41) is 23.9. The topological polar surface area (TPSA) is 98.7 Å². The van der Waals surface area contributed by atoms with Gasteiger partial charge in [0, 0.05) is 12.1 Å². The third-order valence-electron chi connectivity index (χ3n) is 3.57. The lowest BCUT2D eigenvalue weighted by molar-refractivity contribution is -0.120. The lowest BCUT2D eigenvalue weighted by atomic mass is 10.1. The number of aryl methyl sites for hydroxylation is 1. The molecular weight excluding hydrogens is 308 g/mol. The van der Waals surface area contributed by atoms with Gasteiger partial charge in [0.15, 0.2) is 11.5 Å². The second-order valence-electron chi connectivity index (χ2n) is 5.42. The minimum absolute atomic E-state index is 0.103. The number of benzene rings is 2. The summed E-state index contributed by atoms with van der Waals surface area (Å²) in [6.45, 7) is 2.10. The van der Waals surface area contributed by atoms with E-state index in [1.54, 1.807) is 18.2 Å². The quantitative estimate of drug-likeness (QED) is 0.604. The predicted octanol–water partition coefficient (Wildman–Crippen LogP) is 1.49. The second kappa shape index (κ2) is 8.01. The van der Waals surface area contributed by atoms with E-state index in [1.807, 2.05) is 19.1 Å². The van der Waals surface area contributed by atoms with Gasteiger partial charge in [-0.1, -0.05) is 24.3 Å². The van der Waals surface area contributed by atoms with Gasteiger partial charge in [0.25, 0.3) is 5.91 Å². The molecule has 0 unspecified atom stereocenters. The molecule has 2 aromatic carbocycles. The van der Waals surface area contributed by atoms with E-state index in [2.05, 4.69) is 10.6 Å². The Bertz CT molecular complexity index is 744. The van der Waals surface area contributed by atoms with Gasteiger partial charge >= 0.3 is 0 Å².